The van der Waals surface area contributed by atoms with E-state index in [0.717, 1.165) is 6.42 Å². The quantitative estimate of drug-likeness (QED) is 0.195. The summed E-state index contributed by atoms with van der Waals surface area (Å²) >= 11 is -2.86. The zero-order valence-corrected chi connectivity index (χ0v) is 33.8. The topological polar surface area (TPSA) is 0 Å². The fourth-order valence-corrected chi connectivity index (χ4v) is 16.7. The van der Waals surface area contributed by atoms with Crippen molar-refractivity contribution in [3.8, 4) is 11.1 Å². The SMILES string of the molecule is CC(C)(C)c1ccc2c(c1)[CH]([Zr+2]([C]1=CC=CC1)=[C](c1ccc3ccccc3c1)c1ccc3ccccc3c1)c1cc(C(C)(C)C)ccc1-2.[Cl-].[Cl-]. The molecule has 250 valence electrons. The molecule has 3 heteroatoms. The molecule has 0 saturated carbocycles. The van der Waals surface area contributed by atoms with Crippen molar-refractivity contribution in [3.05, 3.63) is 176 Å². The fraction of sp³-hybridized carbons (Fsp3) is 0.213. The van der Waals surface area contributed by atoms with E-state index in [1.807, 2.05) is 0 Å². The summed E-state index contributed by atoms with van der Waals surface area (Å²) in [7, 11) is 0. The molecule has 0 fully saturated rings. The Kier molecular flexibility index (Phi) is 10.2. The minimum Gasteiger partial charge on any atom is -1.00 e. The summed E-state index contributed by atoms with van der Waals surface area (Å²) in [5.74, 6) is 0. The molecule has 2 aliphatic rings. The predicted molar refractivity (Wildman–Crippen MR) is 204 cm³/mol. The third-order valence-electron chi connectivity index (χ3n) is 10.5. The maximum absolute atomic E-state index is 2.86. The van der Waals surface area contributed by atoms with Crippen molar-refractivity contribution in [2.24, 2.45) is 0 Å². The Morgan fingerprint density at radius 1 is 0.540 bits per heavy atom. The molecule has 0 bridgehead atoms. The molecule has 0 nitrogen and oxygen atoms in total. The number of halogens is 2. The Labute approximate surface area is 318 Å². The monoisotopic (exact) mass is 768 g/mol. The van der Waals surface area contributed by atoms with Gasteiger partial charge in [0, 0.05) is 0 Å². The smallest absolute Gasteiger partial charge is 1.00 e. The molecule has 50 heavy (non-hydrogen) atoms. The van der Waals surface area contributed by atoms with Gasteiger partial charge in [-0.2, -0.15) is 0 Å². The van der Waals surface area contributed by atoms with Gasteiger partial charge < -0.3 is 24.8 Å². The van der Waals surface area contributed by atoms with Crippen molar-refractivity contribution in [2.75, 3.05) is 0 Å². The van der Waals surface area contributed by atoms with Gasteiger partial charge in [0.1, 0.15) is 0 Å². The number of hydrogen-bond acceptors (Lipinski definition) is 0. The number of benzene rings is 6. The van der Waals surface area contributed by atoms with Gasteiger partial charge in [-0.05, 0) is 0 Å². The van der Waals surface area contributed by atoms with Crippen LogP contribution in [0.4, 0.5) is 0 Å². The van der Waals surface area contributed by atoms with E-state index in [2.05, 4.69) is 181 Å². The summed E-state index contributed by atoms with van der Waals surface area (Å²) < 4.78 is 3.66. The second-order valence-corrected chi connectivity index (χ2v) is 22.0. The first-order valence-corrected chi connectivity index (χ1v) is 21.3. The van der Waals surface area contributed by atoms with Crippen molar-refractivity contribution in [3.63, 3.8) is 0 Å². The van der Waals surface area contributed by atoms with E-state index >= 15 is 0 Å². The molecular weight excluding hydrogens is 727 g/mol. The number of rotatable bonds is 4. The third-order valence-corrected chi connectivity index (χ3v) is 18.8. The molecule has 0 aromatic heterocycles. The average Bonchev–Trinajstić information content (AvgIpc) is 3.72. The van der Waals surface area contributed by atoms with Gasteiger partial charge in [-0.3, -0.25) is 0 Å². The van der Waals surface area contributed by atoms with Crippen molar-refractivity contribution in [1.29, 1.82) is 0 Å². The molecule has 0 unspecified atom stereocenters. The van der Waals surface area contributed by atoms with Crippen LogP contribution in [0.1, 0.15) is 85.0 Å². The maximum Gasteiger partial charge on any atom is -1.00 e. The van der Waals surface area contributed by atoms with Gasteiger partial charge in [-0.15, -0.1) is 0 Å². The van der Waals surface area contributed by atoms with E-state index in [4.69, 9.17) is 0 Å². The van der Waals surface area contributed by atoms with Gasteiger partial charge in [0.2, 0.25) is 0 Å². The molecule has 0 aliphatic heterocycles. The van der Waals surface area contributed by atoms with Crippen LogP contribution in [0, 0.1) is 0 Å². The second kappa shape index (κ2) is 14.0. The van der Waals surface area contributed by atoms with Crippen LogP contribution in [-0.2, 0) is 32.1 Å². The Balaban J connectivity index is 0.00000216. The van der Waals surface area contributed by atoms with Crippen molar-refractivity contribution >= 4 is 24.8 Å². The van der Waals surface area contributed by atoms with Crippen LogP contribution in [-0.4, -0.2) is 3.21 Å². The molecule has 0 N–H and O–H groups in total. The minimum atomic E-state index is -2.86. The maximum atomic E-state index is 2.60. The summed E-state index contributed by atoms with van der Waals surface area (Å²) in [5, 5.41) is 5.22. The van der Waals surface area contributed by atoms with E-state index < -0.39 is 21.3 Å². The minimum absolute atomic E-state index is 0. The van der Waals surface area contributed by atoms with Crippen LogP contribution in [0.25, 0.3) is 32.7 Å². The van der Waals surface area contributed by atoms with Crippen LogP contribution in [0.5, 0.6) is 0 Å². The van der Waals surface area contributed by atoms with Crippen molar-refractivity contribution in [1.82, 2.24) is 0 Å². The molecule has 0 radical (unpaired) electrons. The van der Waals surface area contributed by atoms with E-state index in [1.54, 1.807) is 17.6 Å². The average molecular weight is 771 g/mol. The zero-order valence-electron chi connectivity index (χ0n) is 29.8. The number of hydrogen-bond donors (Lipinski definition) is 0. The van der Waals surface area contributed by atoms with Gasteiger partial charge in [0.05, 0.1) is 0 Å². The van der Waals surface area contributed by atoms with Crippen LogP contribution in [0.2, 0.25) is 0 Å². The fourth-order valence-electron chi connectivity index (χ4n) is 7.81. The summed E-state index contributed by atoms with van der Waals surface area (Å²) in [4.78, 5) is 0. The van der Waals surface area contributed by atoms with Crippen LogP contribution in [0.15, 0.2) is 143 Å². The molecule has 0 heterocycles. The van der Waals surface area contributed by atoms with Gasteiger partial charge in [-0.25, -0.2) is 0 Å². The van der Waals surface area contributed by atoms with Gasteiger partial charge >= 0.3 is 296 Å². The second-order valence-electron chi connectivity index (χ2n) is 15.8. The summed E-state index contributed by atoms with van der Waals surface area (Å²) in [6.45, 7) is 14.1. The molecule has 6 aromatic rings. The molecule has 0 spiro atoms. The molecule has 0 saturated heterocycles. The Morgan fingerprint density at radius 2 is 1.00 bits per heavy atom. The van der Waals surface area contributed by atoms with E-state index in [9.17, 15) is 0 Å². The zero-order chi connectivity index (χ0) is 33.2. The Hall–Kier alpha value is -3.35. The van der Waals surface area contributed by atoms with Gasteiger partial charge in [0.25, 0.3) is 0 Å². The molecule has 6 aromatic carbocycles. The predicted octanol–water partition coefficient (Wildman–Crippen LogP) is 6.40. The summed E-state index contributed by atoms with van der Waals surface area (Å²) in [6, 6.07) is 47.1. The number of allylic oxidation sites excluding steroid dienone is 4. The molecule has 8 rings (SSSR count). The first-order valence-electron chi connectivity index (χ1n) is 17.4. The van der Waals surface area contributed by atoms with Crippen LogP contribution < -0.4 is 24.8 Å². The molecule has 0 atom stereocenters. The summed E-state index contributed by atoms with van der Waals surface area (Å²) in [5.41, 5.74) is 11.7. The van der Waals surface area contributed by atoms with Crippen molar-refractivity contribution in [2.45, 2.75) is 62.4 Å². The van der Waals surface area contributed by atoms with Crippen LogP contribution >= 0.6 is 0 Å². The normalized spacial score (nSPS) is 13.6. The molecule has 2 aliphatic carbocycles. The third kappa shape index (κ3) is 6.59. The number of fused-ring (bicyclic) bond motifs is 5. The first kappa shape index (κ1) is 36.4. The van der Waals surface area contributed by atoms with Gasteiger partial charge in [0.15, 0.2) is 0 Å². The first-order chi connectivity index (χ1) is 23.1. The van der Waals surface area contributed by atoms with Crippen molar-refractivity contribution < 1.29 is 46.1 Å². The van der Waals surface area contributed by atoms with Gasteiger partial charge in [-0.1, -0.05) is 0 Å². The summed E-state index contributed by atoms with van der Waals surface area (Å²) in [6.07, 6.45) is 8.26. The Bertz CT molecular complexity index is 2200. The molecular formula is C47H44Cl2Zr. The standard InChI is InChI=1S/C21H14.C21H25.C5H5.2ClH.Zr/c1-3-7-20-14-16(9-11-18(20)5-1)13-17-10-12-19-6-2-4-8-21(19)15-17;1-20(2,3)16-7-9-18-14(12-16)11-15-13-17(21(4,5)6)8-10-19(15)18;1-2-4-5-3-1;;;/h1-12,14-15H;7-13H,1-6H3;1-3H,4H2;2*1H;/q;;;;;+2/p-2. The van der Waals surface area contributed by atoms with E-state index in [1.165, 1.54) is 54.9 Å². The largest absolute Gasteiger partial charge is 1.00 e. The van der Waals surface area contributed by atoms with E-state index in [-0.39, 0.29) is 35.6 Å². The van der Waals surface area contributed by atoms with E-state index in [0.29, 0.717) is 3.63 Å². The molecule has 0 amide bonds. The Morgan fingerprint density at radius 3 is 1.42 bits per heavy atom. The van der Waals surface area contributed by atoms with Crippen LogP contribution in [0.3, 0.4) is 0 Å².